The first-order valence-corrected chi connectivity index (χ1v) is 9.43. The SMILES string of the molecule is NC(=O)NC(C=O)(CN1CC2=C(C=C(F)CC2)C1=O)c1ccc(-c2cn[nH]c2)cc1. The van der Waals surface area contributed by atoms with Gasteiger partial charge in [-0.1, -0.05) is 24.3 Å². The normalized spacial score (nSPS) is 18.0. The quantitative estimate of drug-likeness (QED) is 0.631. The van der Waals surface area contributed by atoms with Gasteiger partial charge in [0.05, 0.1) is 12.7 Å². The van der Waals surface area contributed by atoms with Crippen molar-refractivity contribution in [1.82, 2.24) is 20.4 Å². The summed E-state index contributed by atoms with van der Waals surface area (Å²) in [6.07, 6.45) is 5.94. The first-order valence-electron chi connectivity index (χ1n) is 9.43. The number of primary amides is 1. The Labute approximate surface area is 171 Å². The van der Waals surface area contributed by atoms with E-state index >= 15 is 0 Å². The van der Waals surface area contributed by atoms with E-state index in [1.807, 2.05) is 0 Å². The number of H-pyrrole nitrogens is 1. The molecule has 4 rings (SSSR count). The fourth-order valence-electron chi connectivity index (χ4n) is 3.94. The number of nitrogens with two attached hydrogens (primary N) is 1. The lowest BCUT2D eigenvalue weighted by atomic mass is 9.89. The predicted octanol–water partition coefficient (Wildman–Crippen LogP) is 1.93. The van der Waals surface area contributed by atoms with Crippen LogP contribution in [0.5, 0.6) is 0 Å². The van der Waals surface area contributed by atoms with Gasteiger partial charge < -0.3 is 20.7 Å². The molecule has 8 nitrogen and oxygen atoms in total. The fraction of sp³-hybridized carbons (Fsp3) is 0.238. The molecule has 1 atom stereocenters. The number of benzene rings is 1. The zero-order valence-electron chi connectivity index (χ0n) is 16.0. The molecular formula is C21H20FN5O3. The van der Waals surface area contributed by atoms with Crippen LogP contribution in [0.25, 0.3) is 11.1 Å². The van der Waals surface area contributed by atoms with E-state index < -0.39 is 11.6 Å². The van der Waals surface area contributed by atoms with E-state index in [1.54, 1.807) is 36.7 Å². The largest absolute Gasteiger partial charge is 0.352 e. The van der Waals surface area contributed by atoms with Crippen LogP contribution in [-0.4, -0.2) is 46.4 Å². The van der Waals surface area contributed by atoms with Crippen LogP contribution in [0, 0.1) is 0 Å². The highest BCUT2D eigenvalue weighted by atomic mass is 19.1. The van der Waals surface area contributed by atoms with Crippen molar-refractivity contribution < 1.29 is 18.8 Å². The Morgan fingerprint density at radius 2 is 2.07 bits per heavy atom. The molecule has 0 saturated carbocycles. The molecule has 1 aromatic carbocycles. The molecule has 1 aliphatic heterocycles. The van der Waals surface area contributed by atoms with Gasteiger partial charge in [0.25, 0.3) is 5.91 Å². The lowest BCUT2D eigenvalue weighted by Gasteiger charge is -2.33. The summed E-state index contributed by atoms with van der Waals surface area (Å²) in [6, 6.07) is 6.07. The minimum Gasteiger partial charge on any atom is -0.352 e. The molecule has 0 radical (unpaired) electrons. The van der Waals surface area contributed by atoms with E-state index in [0.717, 1.165) is 16.7 Å². The number of amides is 3. The zero-order chi connectivity index (χ0) is 21.3. The maximum atomic E-state index is 13.6. The van der Waals surface area contributed by atoms with Crippen molar-refractivity contribution >= 4 is 18.2 Å². The third-order valence-electron chi connectivity index (χ3n) is 5.47. The molecule has 2 heterocycles. The van der Waals surface area contributed by atoms with Gasteiger partial charge in [-0.15, -0.1) is 0 Å². The summed E-state index contributed by atoms with van der Waals surface area (Å²) in [7, 11) is 0. The van der Waals surface area contributed by atoms with E-state index in [4.69, 9.17) is 5.73 Å². The number of urea groups is 1. The molecule has 2 aliphatic rings. The summed E-state index contributed by atoms with van der Waals surface area (Å²) in [5.41, 5.74) is 7.17. The van der Waals surface area contributed by atoms with Gasteiger partial charge >= 0.3 is 6.03 Å². The molecule has 30 heavy (non-hydrogen) atoms. The molecular weight excluding hydrogens is 389 g/mol. The smallest absolute Gasteiger partial charge is 0.313 e. The van der Waals surface area contributed by atoms with Gasteiger partial charge in [-0.2, -0.15) is 5.10 Å². The number of aldehydes is 1. The molecule has 9 heteroatoms. The molecule has 0 spiro atoms. The van der Waals surface area contributed by atoms with Gasteiger partial charge in [0.2, 0.25) is 0 Å². The number of allylic oxidation sites excluding steroid dienone is 1. The molecule has 4 N–H and O–H groups in total. The van der Waals surface area contributed by atoms with E-state index in [0.29, 0.717) is 23.8 Å². The highest BCUT2D eigenvalue weighted by Crippen LogP contribution is 2.33. The first kappa shape index (κ1) is 19.6. The first-order chi connectivity index (χ1) is 14.4. The van der Waals surface area contributed by atoms with Gasteiger partial charge in [-0.3, -0.25) is 9.89 Å². The molecule has 0 fully saturated rings. The number of aromatic nitrogens is 2. The monoisotopic (exact) mass is 409 g/mol. The number of nitrogens with one attached hydrogen (secondary N) is 2. The molecule has 0 bridgehead atoms. The molecule has 1 unspecified atom stereocenters. The molecule has 154 valence electrons. The van der Waals surface area contributed by atoms with Crippen LogP contribution < -0.4 is 11.1 Å². The standard InChI is InChI=1S/C21H20FN5O3/c22-17-6-3-14-10-27(19(29)18(14)7-17)11-21(12-28,26-20(23)30)16-4-1-13(2-5-16)15-8-24-25-9-15/h1-2,4-5,7-9,12H,3,6,10-11H2,(H,24,25)(H3,23,26,30). The Morgan fingerprint density at radius 3 is 2.70 bits per heavy atom. The zero-order valence-corrected chi connectivity index (χ0v) is 16.0. The van der Waals surface area contributed by atoms with Crippen LogP contribution in [-0.2, 0) is 15.1 Å². The number of rotatable bonds is 6. The lowest BCUT2D eigenvalue weighted by Crippen LogP contribution is -2.56. The van der Waals surface area contributed by atoms with E-state index in [9.17, 15) is 18.8 Å². The minimum absolute atomic E-state index is 0.119. The summed E-state index contributed by atoms with van der Waals surface area (Å²) >= 11 is 0. The summed E-state index contributed by atoms with van der Waals surface area (Å²) in [5, 5.41) is 9.14. The highest BCUT2D eigenvalue weighted by molar-refractivity contribution is 6.00. The molecule has 2 aromatic rings. The van der Waals surface area contributed by atoms with E-state index in [1.165, 1.54) is 11.0 Å². The second kappa shape index (κ2) is 7.58. The van der Waals surface area contributed by atoms with Crippen molar-refractivity contribution in [2.75, 3.05) is 13.1 Å². The Kier molecular flexibility index (Phi) is 4.94. The second-order valence-electron chi connectivity index (χ2n) is 7.41. The Morgan fingerprint density at radius 1 is 1.30 bits per heavy atom. The van der Waals surface area contributed by atoms with E-state index in [2.05, 4.69) is 15.5 Å². The highest BCUT2D eigenvalue weighted by Gasteiger charge is 2.40. The number of halogens is 1. The average Bonchev–Trinajstić information content (AvgIpc) is 3.37. The Bertz CT molecular complexity index is 1060. The number of aromatic amines is 1. The number of carbonyl (C=O) groups excluding carboxylic acids is 3. The number of hydrogen-bond donors (Lipinski definition) is 3. The molecule has 1 aromatic heterocycles. The fourth-order valence-corrected chi connectivity index (χ4v) is 3.94. The summed E-state index contributed by atoms with van der Waals surface area (Å²) < 4.78 is 13.6. The van der Waals surface area contributed by atoms with Crippen LogP contribution in [0.4, 0.5) is 9.18 Å². The molecule has 0 saturated heterocycles. The minimum atomic E-state index is -1.53. The molecule has 1 aliphatic carbocycles. The van der Waals surface area contributed by atoms with Gasteiger partial charge in [0.1, 0.15) is 11.4 Å². The third-order valence-corrected chi connectivity index (χ3v) is 5.47. The summed E-state index contributed by atoms with van der Waals surface area (Å²) in [6.45, 7) is 0.160. The van der Waals surface area contributed by atoms with Crippen molar-refractivity contribution in [3.05, 3.63) is 65.3 Å². The predicted molar refractivity (Wildman–Crippen MR) is 107 cm³/mol. The average molecular weight is 409 g/mol. The summed E-state index contributed by atoms with van der Waals surface area (Å²) in [4.78, 5) is 38.2. The van der Waals surface area contributed by atoms with Gasteiger partial charge in [-0.05, 0) is 29.2 Å². The second-order valence-corrected chi connectivity index (χ2v) is 7.41. The van der Waals surface area contributed by atoms with Crippen LogP contribution in [0.1, 0.15) is 18.4 Å². The topological polar surface area (TPSA) is 121 Å². The maximum Gasteiger partial charge on any atom is 0.313 e. The van der Waals surface area contributed by atoms with Crippen molar-refractivity contribution in [3.8, 4) is 11.1 Å². The van der Waals surface area contributed by atoms with Crippen LogP contribution in [0.15, 0.2) is 59.7 Å². The number of nitrogens with zero attached hydrogens (tertiary/aromatic N) is 2. The van der Waals surface area contributed by atoms with Gasteiger partial charge in [0.15, 0.2) is 6.29 Å². The van der Waals surface area contributed by atoms with Crippen molar-refractivity contribution in [1.29, 1.82) is 0 Å². The van der Waals surface area contributed by atoms with Crippen molar-refractivity contribution in [3.63, 3.8) is 0 Å². The number of hydrogen-bond acceptors (Lipinski definition) is 4. The molecule has 3 amide bonds. The van der Waals surface area contributed by atoms with Gasteiger partial charge in [-0.25, -0.2) is 9.18 Å². The van der Waals surface area contributed by atoms with Crippen molar-refractivity contribution in [2.45, 2.75) is 18.4 Å². The van der Waals surface area contributed by atoms with E-state index in [-0.39, 0.29) is 31.2 Å². The number of carbonyl (C=O) groups is 3. The van der Waals surface area contributed by atoms with Crippen LogP contribution in [0.2, 0.25) is 0 Å². The van der Waals surface area contributed by atoms with Gasteiger partial charge in [0, 0.05) is 30.3 Å². The Balaban J connectivity index is 1.64. The summed E-state index contributed by atoms with van der Waals surface area (Å²) in [5.74, 6) is -0.706. The lowest BCUT2D eigenvalue weighted by molar-refractivity contribution is -0.127. The third kappa shape index (κ3) is 3.49. The van der Waals surface area contributed by atoms with Crippen LogP contribution >= 0.6 is 0 Å². The van der Waals surface area contributed by atoms with Crippen molar-refractivity contribution in [2.24, 2.45) is 5.73 Å². The van der Waals surface area contributed by atoms with Crippen LogP contribution in [0.3, 0.4) is 0 Å². The Hall–Kier alpha value is -3.75. The maximum absolute atomic E-state index is 13.6.